The Bertz CT molecular complexity index is 136. The van der Waals surface area contributed by atoms with Crippen molar-refractivity contribution in [2.45, 2.75) is 19.3 Å². The van der Waals surface area contributed by atoms with E-state index in [9.17, 15) is 17.6 Å². The minimum Gasteiger partial charge on any atom is -0.167 e. The van der Waals surface area contributed by atoms with Gasteiger partial charge in [-0.2, -0.15) is 17.6 Å². The van der Waals surface area contributed by atoms with Gasteiger partial charge in [-0.05, 0) is 19.3 Å². The summed E-state index contributed by atoms with van der Waals surface area (Å²) in [6, 6.07) is 0. The fourth-order valence-electron chi connectivity index (χ4n) is 0.589. The van der Waals surface area contributed by atoms with Gasteiger partial charge in [0, 0.05) is 0 Å². The third-order valence-electron chi connectivity index (χ3n) is 1.05. The van der Waals surface area contributed by atoms with E-state index >= 15 is 0 Å². The number of rotatable bonds is 0. The Morgan fingerprint density at radius 1 is 0.818 bits per heavy atom. The first-order chi connectivity index (χ1) is 5.14. The Kier molecular flexibility index (Phi) is 5.51. The van der Waals surface area contributed by atoms with E-state index in [0.717, 1.165) is 0 Å². The monoisotopic (exact) mass is 168 g/mol. The highest BCUT2D eigenvalue weighted by Crippen LogP contribution is 2.08. The fourth-order valence-corrected chi connectivity index (χ4v) is 0.589. The zero-order valence-electron chi connectivity index (χ0n) is 5.79. The molecule has 0 saturated carbocycles. The van der Waals surface area contributed by atoms with Crippen LogP contribution >= 0.6 is 0 Å². The van der Waals surface area contributed by atoms with Crippen LogP contribution in [0.25, 0.3) is 0 Å². The molecule has 0 N–H and O–H groups in total. The van der Waals surface area contributed by atoms with Crippen LogP contribution in [0, 0.1) is 0 Å². The molecule has 1 aliphatic rings. The van der Waals surface area contributed by atoms with Crippen LogP contribution in [0.3, 0.4) is 0 Å². The van der Waals surface area contributed by atoms with Gasteiger partial charge in [0.05, 0.1) is 0 Å². The van der Waals surface area contributed by atoms with Gasteiger partial charge in [0.1, 0.15) is 0 Å². The first kappa shape index (κ1) is 10.2. The average Bonchev–Trinajstić information content (AvgIpc) is 2.41. The molecule has 0 nitrogen and oxygen atoms in total. The molecule has 0 aliphatic heterocycles. The minimum absolute atomic E-state index is 1.32. The van der Waals surface area contributed by atoms with E-state index in [2.05, 4.69) is 12.2 Å². The molecule has 0 heterocycles. The number of hydrogen-bond acceptors (Lipinski definition) is 0. The van der Waals surface area contributed by atoms with Gasteiger partial charge in [0.15, 0.2) is 0 Å². The summed E-state index contributed by atoms with van der Waals surface area (Å²) in [5, 5.41) is 0. The standard InChI is InChI=1S/C5H8.C2F4/c1-2-4-5-3-1;3-1(4)2(5)6/h1-2H,3-5H2;. The predicted molar refractivity (Wildman–Crippen MR) is 34.4 cm³/mol. The molecule has 1 rings (SSSR count). The maximum atomic E-state index is 10.3. The summed E-state index contributed by atoms with van der Waals surface area (Å²) in [6.45, 7) is 0. The largest absolute Gasteiger partial charge is 0.334 e. The van der Waals surface area contributed by atoms with Crippen molar-refractivity contribution in [2.24, 2.45) is 0 Å². The van der Waals surface area contributed by atoms with E-state index in [4.69, 9.17) is 0 Å². The summed E-state index contributed by atoms with van der Waals surface area (Å²) in [4.78, 5) is 0. The van der Waals surface area contributed by atoms with E-state index in [1.807, 2.05) is 0 Å². The van der Waals surface area contributed by atoms with Crippen LogP contribution in [0.15, 0.2) is 24.3 Å². The molecule has 0 aromatic carbocycles. The van der Waals surface area contributed by atoms with Crippen molar-refractivity contribution >= 4 is 0 Å². The van der Waals surface area contributed by atoms with E-state index in [1.165, 1.54) is 19.3 Å². The molecule has 0 aromatic heterocycles. The van der Waals surface area contributed by atoms with Crippen molar-refractivity contribution in [3.8, 4) is 0 Å². The number of hydrogen-bond donors (Lipinski definition) is 0. The predicted octanol–water partition coefficient (Wildman–Crippen LogP) is 3.72. The number of halogens is 4. The molecule has 11 heavy (non-hydrogen) atoms. The second-order valence-corrected chi connectivity index (χ2v) is 1.92. The first-order valence-corrected chi connectivity index (χ1v) is 3.16. The zero-order chi connectivity index (χ0) is 8.69. The maximum absolute atomic E-state index is 10.3. The van der Waals surface area contributed by atoms with Crippen LogP contribution in [0.1, 0.15) is 19.3 Å². The lowest BCUT2D eigenvalue weighted by atomic mass is 10.4. The first-order valence-electron chi connectivity index (χ1n) is 3.16. The van der Waals surface area contributed by atoms with Gasteiger partial charge >= 0.3 is 12.2 Å². The van der Waals surface area contributed by atoms with Crippen molar-refractivity contribution < 1.29 is 17.6 Å². The van der Waals surface area contributed by atoms with Gasteiger partial charge in [0.25, 0.3) is 0 Å². The molecule has 64 valence electrons. The van der Waals surface area contributed by atoms with Crippen LogP contribution in [-0.4, -0.2) is 0 Å². The summed E-state index contributed by atoms with van der Waals surface area (Å²) in [6.07, 6.45) is 2.69. The lowest BCUT2D eigenvalue weighted by molar-refractivity contribution is 0.308. The third-order valence-corrected chi connectivity index (χ3v) is 1.05. The Morgan fingerprint density at radius 2 is 1.18 bits per heavy atom. The fraction of sp³-hybridized carbons (Fsp3) is 0.429. The lowest BCUT2D eigenvalue weighted by Gasteiger charge is -1.69. The van der Waals surface area contributed by atoms with Crippen molar-refractivity contribution in [2.75, 3.05) is 0 Å². The summed E-state index contributed by atoms with van der Waals surface area (Å²) in [7, 11) is 0. The topological polar surface area (TPSA) is 0 Å². The molecular formula is C7H8F4. The van der Waals surface area contributed by atoms with E-state index in [0.29, 0.717) is 0 Å². The second kappa shape index (κ2) is 5.95. The lowest BCUT2D eigenvalue weighted by Crippen LogP contribution is -1.56. The molecular weight excluding hydrogens is 160 g/mol. The highest BCUT2D eigenvalue weighted by molar-refractivity contribution is 4.88. The zero-order valence-corrected chi connectivity index (χ0v) is 5.79. The average molecular weight is 168 g/mol. The SMILES string of the molecule is C1=CCCC1.FC(F)=C(F)F. The van der Waals surface area contributed by atoms with Gasteiger partial charge in [-0.15, -0.1) is 0 Å². The van der Waals surface area contributed by atoms with Crippen LogP contribution in [-0.2, 0) is 0 Å². The van der Waals surface area contributed by atoms with E-state index in [-0.39, 0.29) is 0 Å². The smallest absolute Gasteiger partial charge is 0.167 e. The molecule has 0 fully saturated rings. The maximum Gasteiger partial charge on any atom is 0.334 e. The Hall–Kier alpha value is -0.800. The van der Waals surface area contributed by atoms with Crippen molar-refractivity contribution in [1.82, 2.24) is 0 Å². The molecule has 0 bridgehead atoms. The number of allylic oxidation sites excluding steroid dienone is 2. The van der Waals surface area contributed by atoms with Gasteiger partial charge in [-0.25, -0.2) is 0 Å². The van der Waals surface area contributed by atoms with E-state index < -0.39 is 12.2 Å². The van der Waals surface area contributed by atoms with E-state index in [1.54, 1.807) is 0 Å². The molecule has 4 heteroatoms. The molecule has 0 radical (unpaired) electrons. The van der Waals surface area contributed by atoms with Gasteiger partial charge < -0.3 is 0 Å². The molecule has 1 aliphatic carbocycles. The van der Waals surface area contributed by atoms with Crippen molar-refractivity contribution in [1.29, 1.82) is 0 Å². The quantitative estimate of drug-likeness (QED) is 0.382. The van der Waals surface area contributed by atoms with Crippen LogP contribution < -0.4 is 0 Å². The van der Waals surface area contributed by atoms with Gasteiger partial charge in [0.2, 0.25) is 0 Å². The van der Waals surface area contributed by atoms with Crippen molar-refractivity contribution in [3.05, 3.63) is 24.3 Å². The molecule has 0 saturated heterocycles. The highest BCUT2D eigenvalue weighted by Gasteiger charge is 1.98. The Balaban J connectivity index is 0.000000183. The third kappa shape index (κ3) is 7.09. The summed E-state index contributed by atoms with van der Waals surface area (Å²) in [5.41, 5.74) is 0. The highest BCUT2D eigenvalue weighted by atomic mass is 19.3. The summed E-state index contributed by atoms with van der Waals surface area (Å²) < 4.78 is 41.1. The van der Waals surface area contributed by atoms with Gasteiger partial charge in [-0.1, -0.05) is 12.2 Å². The van der Waals surface area contributed by atoms with Crippen molar-refractivity contribution in [3.63, 3.8) is 0 Å². The minimum atomic E-state index is -2.91. The Labute approximate surface area is 62.2 Å². The second-order valence-electron chi connectivity index (χ2n) is 1.92. The summed E-state index contributed by atoms with van der Waals surface area (Å²) >= 11 is 0. The Morgan fingerprint density at radius 3 is 1.27 bits per heavy atom. The molecule has 0 unspecified atom stereocenters. The van der Waals surface area contributed by atoms with Crippen LogP contribution in [0.2, 0.25) is 0 Å². The molecule has 0 spiro atoms. The normalized spacial score (nSPS) is 13.8. The molecule has 0 aromatic rings. The molecule has 0 amide bonds. The van der Waals surface area contributed by atoms with Crippen LogP contribution in [0.5, 0.6) is 0 Å². The van der Waals surface area contributed by atoms with Gasteiger partial charge in [-0.3, -0.25) is 0 Å². The van der Waals surface area contributed by atoms with Crippen LogP contribution in [0.4, 0.5) is 17.6 Å². The molecule has 0 atom stereocenters. The summed E-state index contributed by atoms with van der Waals surface area (Å²) in [5.74, 6) is 0.